The monoisotopic (exact) mass is 435 g/mol. The van der Waals surface area contributed by atoms with Gasteiger partial charge in [-0.05, 0) is 35.6 Å². The average molecular weight is 437 g/mol. The minimum absolute atomic E-state index is 0. The first kappa shape index (κ1) is 21.2. The largest absolute Gasteiger partial charge is 0.343 e. The van der Waals surface area contributed by atoms with Crippen LogP contribution in [-0.2, 0) is 13.6 Å². The van der Waals surface area contributed by atoms with Crippen LogP contribution >= 0.6 is 35.6 Å². The molecule has 4 rings (SSSR count). The number of aromatic nitrogens is 2. The van der Waals surface area contributed by atoms with E-state index in [1.165, 1.54) is 43.7 Å². The quantitative estimate of drug-likeness (QED) is 0.351. The van der Waals surface area contributed by atoms with Crippen molar-refractivity contribution < 1.29 is 0 Å². The van der Waals surface area contributed by atoms with Crippen LogP contribution in [0.25, 0.3) is 32.6 Å². The molecule has 0 amide bonds. The molecule has 0 spiro atoms. The maximum absolute atomic E-state index is 6.06. The predicted molar refractivity (Wildman–Crippen MR) is 124 cm³/mol. The molecule has 0 aliphatic carbocycles. The summed E-state index contributed by atoms with van der Waals surface area (Å²) < 4.78 is 2.32. The fourth-order valence-corrected chi connectivity index (χ4v) is 4.74. The van der Waals surface area contributed by atoms with E-state index in [0.29, 0.717) is 11.8 Å². The molecule has 4 aromatic rings. The standard InChI is InChI=1S/C22H23Cl2N3.ClH/c1-15-16-7-10-25-13-18(16)19(14-27(11-8-23)12-9-24)21-17-5-3-4-6-20(17)26(2)22(15)21;/h3-7,10,13H,8-9,11-12,14H2,1-2H3;1H. The Morgan fingerprint density at radius 3 is 2.43 bits per heavy atom. The van der Waals surface area contributed by atoms with Crippen LogP contribution in [0.4, 0.5) is 0 Å². The van der Waals surface area contributed by atoms with Gasteiger partial charge in [0.1, 0.15) is 0 Å². The Kier molecular flexibility index (Phi) is 6.72. The van der Waals surface area contributed by atoms with Gasteiger partial charge in [-0.2, -0.15) is 0 Å². The van der Waals surface area contributed by atoms with Crippen molar-refractivity contribution >= 4 is 68.2 Å². The molecule has 2 aromatic carbocycles. The molecule has 0 aliphatic rings. The summed E-state index contributed by atoms with van der Waals surface area (Å²) in [6.45, 7) is 4.65. The van der Waals surface area contributed by atoms with E-state index < -0.39 is 0 Å². The number of alkyl halides is 2. The molecule has 0 saturated heterocycles. The number of aryl methyl sites for hydroxylation is 2. The van der Waals surface area contributed by atoms with Crippen LogP contribution < -0.4 is 0 Å². The molecule has 2 aromatic heterocycles. The van der Waals surface area contributed by atoms with Crippen molar-refractivity contribution in [3.05, 3.63) is 53.9 Å². The van der Waals surface area contributed by atoms with Gasteiger partial charge in [-0.15, -0.1) is 35.6 Å². The van der Waals surface area contributed by atoms with Crippen LogP contribution in [0.2, 0.25) is 0 Å². The topological polar surface area (TPSA) is 21.1 Å². The number of halogens is 3. The van der Waals surface area contributed by atoms with Crippen LogP contribution in [0.5, 0.6) is 0 Å². The molecule has 6 heteroatoms. The van der Waals surface area contributed by atoms with Gasteiger partial charge in [0.2, 0.25) is 0 Å². The van der Waals surface area contributed by atoms with Gasteiger partial charge in [0.25, 0.3) is 0 Å². The van der Waals surface area contributed by atoms with Crippen molar-refractivity contribution in [2.75, 3.05) is 24.8 Å². The Bertz CT molecular complexity index is 1110. The SMILES string of the molecule is Cc1c2ccncc2c(CN(CCCl)CCCl)c2c3ccccc3n(C)c12.Cl. The summed E-state index contributed by atoms with van der Waals surface area (Å²) in [6, 6.07) is 10.8. The predicted octanol–water partition coefficient (Wildman–Crippen LogP) is 5.89. The van der Waals surface area contributed by atoms with Crippen molar-refractivity contribution in [1.82, 2.24) is 14.5 Å². The third-order valence-electron chi connectivity index (χ3n) is 5.50. The van der Waals surface area contributed by atoms with Crippen LogP contribution in [0.3, 0.4) is 0 Å². The second kappa shape index (κ2) is 8.87. The smallest absolute Gasteiger partial charge is 0.0528 e. The minimum atomic E-state index is 0. The highest BCUT2D eigenvalue weighted by Crippen LogP contribution is 2.38. The first-order valence-corrected chi connectivity index (χ1v) is 10.3. The summed E-state index contributed by atoms with van der Waals surface area (Å²) in [4.78, 5) is 6.76. The number of pyridine rings is 1. The molecule has 28 heavy (non-hydrogen) atoms. The Morgan fingerprint density at radius 2 is 1.71 bits per heavy atom. The Labute approximate surface area is 181 Å². The molecule has 0 N–H and O–H groups in total. The lowest BCUT2D eigenvalue weighted by Gasteiger charge is -2.22. The molecule has 0 aliphatic heterocycles. The zero-order chi connectivity index (χ0) is 19.0. The number of nitrogens with zero attached hydrogens (tertiary/aromatic N) is 3. The molecular formula is C22H24Cl3N3. The van der Waals surface area contributed by atoms with Gasteiger partial charge in [0, 0.05) is 72.5 Å². The van der Waals surface area contributed by atoms with Crippen LogP contribution in [0.1, 0.15) is 11.1 Å². The molecule has 2 heterocycles. The van der Waals surface area contributed by atoms with E-state index in [4.69, 9.17) is 23.2 Å². The van der Waals surface area contributed by atoms with Crippen LogP contribution in [0.15, 0.2) is 42.7 Å². The van der Waals surface area contributed by atoms with Crippen molar-refractivity contribution in [3.8, 4) is 0 Å². The molecule has 0 bridgehead atoms. The lowest BCUT2D eigenvalue weighted by Crippen LogP contribution is -2.27. The number of para-hydroxylation sites is 1. The van der Waals surface area contributed by atoms with E-state index in [-0.39, 0.29) is 12.4 Å². The summed E-state index contributed by atoms with van der Waals surface area (Å²) in [5, 5.41) is 5.08. The zero-order valence-electron chi connectivity index (χ0n) is 16.1. The third kappa shape index (κ3) is 3.46. The number of rotatable bonds is 6. The highest BCUT2D eigenvalue weighted by Gasteiger charge is 2.20. The number of fused-ring (bicyclic) bond motifs is 4. The number of hydrogen-bond donors (Lipinski definition) is 0. The van der Waals surface area contributed by atoms with E-state index in [1.807, 2.05) is 12.4 Å². The van der Waals surface area contributed by atoms with Crippen molar-refractivity contribution in [2.24, 2.45) is 7.05 Å². The first-order chi connectivity index (χ1) is 13.2. The summed E-state index contributed by atoms with van der Waals surface area (Å²) in [6.07, 6.45) is 3.88. The first-order valence-electron chi connectivity index (χ1n) is 9.24. The van der Waals surface area contributed by atoms with Gasteiger partial charge in [-0.25, -0.2) is 0 Å². The Balaban J connectivity index is 0.00000225. The molecule has 0 radical (unpaired) electrons. The summed E-state index contributed by atoms with van der Waals surface area (Å²) in [5.74, 6) is 1.19. The van der Waals surface area contributed by atoms with E-state index in [9.17, 15) is 0 Å². The van der Waals surface area contributed by atoms with E-state index in [1.54, 1.807) is 0 Å². The highest BCUT2D eigenvalue weighted by atomic mass is 35.5. The summed E-state index contributed by atoms with van der Waals surface area (Å²) in [7, 11) is 2.16. The maximum atomic E-state index is 6.06. The van der Waals surface area contributed by atoms with Gasteiger partial charge in [0.05, 0.1) is 5.52 Å². The second-order valence-corrected chi connectivity index (χ2v) is 7.73. The normalized spacial score (nSPS) is 11.6. The van der Waals surface area contributed by atoms with Gasteiger partial charge >= 0.3 is 0 Å². The molecule has 0 unspecified atom stereocenters. The summed E-state index contributed by atoms with van der Waals surface area (Å²) in [5.41, 5.74) is 5.15. The van der Waals surface area contributed by atoms with Gasteiger partial charge < -0.3 is 4.57 Å². The summed E-state index contributed by atoms with van der Waals surface area (Å²) >= 11 is 12.1. The zero-order valence-corrected chi connectivity index (χ0v) is 18.4. The number of benzene rings is 2. The van der Waals surface area contributed by atoms with E-state index >= 15 is 0 Å². The lowest BCUT2D eigenvalue weighted by molar-refractivity contribution is 0.301. The minimum Gasteiger partial charge on any atom is -0.343 e. The second-order valence-electron chi connectivity index (χ2n) is 6.98. The van der Waals surface area contributed by atoms with Crippen LogP contribution in [0, 0.1) is 6.92 Å². The molecule has 3 nitrogen and oxygen atoms in total. The Morgan fingerprint density at radius 1 is 1.00 bits per heavy atom. The number of hydrogen-bond acceptors (Lipinski definition) is 2. The van der Waals surface area contributed by atoms with Crippen LogP contribution in [-0.4, -0.2) is 39.3 Å². The fraction of sp³-hybridized carbons (Fsp3) is 0.318. The van der Waals surface area contributed by atoms with Crippen molar-refractivity contribution in [1.29, 1.82) is 0 Å². The van der Waals surface area contributed by atoms with Crippen molar-refractivity contribution in [2.45, 2.75) is 13.5 Å². The van der Waals surface area contributed by atoms with Gasteiger partial charge in [0.15, 0.2) is 0 Å². The molecule has 0 saturated carbocycles. The Hall–Kier alpha value is -1.52. The molecule has 148 valence electrons. The van der Waals surface area contributed by atoms with Crippen molar-refractivity contribution in [3.63, 3.8) is 0 Å². The maximum Gasteiger partial charge on any atom is 0.0528 e. The molecule has 0 atom stereocenters. The third-order valence-corrected chi connectivity index (χ3v) is 5.84. The fourth-order valence-electron chi connectivity index (χ4n) is 4.26. The molecule has 0 fully saturated rings. The highest BCUT2D eigenvalue weighted by molar-refractivity contribution is 6.18. The van der Waals surface area contributed by atoms with E-state index in [0.717, 1.165) is 19.6 Å². The average Bonchev–Trinajstić information content (AvgIpc) is 2.99. The lowest BCUT2D eigenvalue weighted by atomic mass is 9.95. The van der Waals surface area contributed by atoms with E-state index in [2.05, 4.69) is 58.8 Å². The molecular weight excluding hydrogens is 413 g/mol. The van der Waals surface area contributed by atoms with Gasteiger partial charge in [-0.1, -0.05) is 18.2 Å². The van der Waals surface area contributed by atoms with Gasteiger partial charge in [-0.3, -0.25) is 9.88 Å².